The van der Waals surface area contributed by atoms with E-state index in [1.165, 1.54) is 60.9 Å². The fourth-order valence-corrected chi connectivity index (χ4v) is 9.29. The van der Waals surface area contributed by atoms with Gasteiger partial charge in [0.15, 0.2) is 0 Å². The maximum absolute atomic E-state index is 6.13. The second-order valence-corrected chi connectivity index (χ2v) is 16.1. The summed E-state index contributed by atoms with van der Waals surface area (Å²) in [5.41, 5.74) is 18.2. The van der Waals surface area contributed by atoms with E-state index < -0.39 is 0 Å². The molecule has 0 spiro atoms. The first-order chi connectivity index (χ1) is 30.7. The highest BCUT2D eigenvalue weighted by atomic mass is 16.3. The van der Waals surface area contributed by atoms with Crippen molar-refractivity contribution in [3.05, 3.63) is 230 Å². The number of nitrogens with zero attached hydrogens (tertiary/aromatic N) is 2. The van der Waals surface area contributed by atoms with Crippen molar-refractivity contribution in [3.8, 4) is 39.1 Å². The molecule has 0 unspecified atom stereocenters. The first-order valence-corrected chi connectivity index (χ1v) is 21.3. The minimum absolute atomic E-state index is 0.906. The highest BCUT2D eigenvalue weighted by Gasteiger charge is 2.17. The second-order valence-electron chi connectivity index (χ2n) is 16.1. The molecule has 12 rings (SSSR count). The average molecular weight is 793 g/mol. The van der Waals surface area contributed by atoms with Gasteiger partial charge in [-0.15, -0.1) is 0 Å². The third kappa shape index (κ3) is 6.22. The zero-order valence-corrected chi connectivity index (χ0v) is 33.9. The summed E-state index contributed by atoms with van der Waals surface area (Å²) in [6, 6.07) is 74.6. The SMILES string of the molecule is C1=Cc2ccc(-n3c4ccccc4c4cc(-c5ccc(N(c6ccc(-c7ccccc7)cc6)c6ccc(-c7ccc8oc9ccccc9c8c7)cc6)cc5)ccc43)cc2C=CC1. The highest BCUT2D eigenvalue weighted by molar-refractivity contribution is 6.11. The number of aromatic nitrogens is 1. The van der Waals surface area contributed by atoms with Gasteiger partial charge >= 0.3 is 0 Å². The van der Waals surface area contributed by atoms with Crippen LogP contribution in [-0.4, -0.2) is 4.57 Å². The van der Waals surface area contributed by atoms with Crippen molar-refractivity contribution in [2.45, 2.75) is 6.42 Å². The minimum Gasteiger partial charge on any atom is -0.456 e. The number of furan rings is 1. The fourth-order valence-electron chi connectivity index (χ4n) is 9.29. The summed E-state index contributed by atoms with van der Waals surface area (Å²) in [4.78, 5) is 2.34. The van der Waals surface area contributed by atoms with Gasteiger partial charge in [0.25, 0.3) is 0 Å². The van der Waals surface area contributed by atoms with Gasteiger partial charge in [0.2, 0.25) is 0 Å². The Morgan fingerprint density at radius 3 is 1.58 bits per heavy atom. The van der Waals surface area contributed by atoms with Gasteiger partial charge in [-0.05, 0) is 136 Å². The second kappa shape index (κ2) is 14.8. The van der Waals surface area contributed by atoms with E-state index in [1.54, 1.807) is 0 Å². The molecule has 1 aliphatic carbocycles. The Balaban J connectivity index is 0.912. The van der Waals surface area contributed by atoms with Crippen molar-refractivity contribution < 1.29 is 4.42 Å². The number of fused-ring (bicyclic) bond motifs is 7. The molecule has 292 valence electrons. The third-order valence-electron chi connectivity index (χ3n) is 12.4. The van der Waals surface area contributed by atoms with E-state index in [0.717, 1.165) is 56.5 Å². The zero-order chi connectivity index (χ0) is 41.0. The molecule has 0 bridgehead atoms. The van der Waals surface area contributed by atoms with Crippen LogP contribution in [0.3, 0.4) is 0 Å². The van der Waals surface area contributed by atoms with Crippen LogP contribution < -0.4 is 4.90 Å². The molecule has 2 heterocycles. The Morgan fingerprint density at radius 2 is 0.871 bits per heavy atom. The average Bonchev–Trinajstić information content (AvgIpc) is 3.77. The summed E-state index contributed by atoms with van der Waals surface area (Å²) >= 11 is 0. The van der Waals surface area contributed by atoms with Gasteiger partial charge in [-0.2, -0.15) is 0 Å². The predicted octanol–water partition coefficient (Wildman–Crippen LogP) is 16.6. The maximum Gasteiger partial charge on any atom is 0.135 e. The van der Waals surface area contributed by atoms with Crippen molar-refractivity contribution >= 4 is 73.0 Å². The third-order valence-corrected chi connectivity index (χ3v) is 12.4. The first-order valence-electron chi connectivity index (χ1n) is 21.3. The summed E-state index contributed by atoms with van der Waals surface area (Å²) in [6.07, 6.45) is 9.89. The van der Waals surface area contributed by atoms with Crippen LogP contribution in [-0.2, 0) is 0 Å². The molecule has 0 N–H and O–H groups in total. The lowest BCUT2D eigenvalue weighted by Gasteiger charge is -2.26. The Labute approximate surface area is 360 Å². The molecule has 0 saturated carbocycles. The van der Waals surface area contributed by atoms with Gasteiger partial charge in [0.1, 0.15) is 11.2 Å². The van der Waals surface area contributed by atoms with Crippen LogP contribution in [0.5, 0.6) is 0 Å². The van der Waals surface area contributed by atoms with Gasteiger partial charge in [-0.1, -0.05) is 146 Å². The number of benzene rings is 9. The van der Waals surface area contributed by atoms with Gasteiger partial charge in [-0.3, -0.25) is 0 Å². The highest BCUT2D eigenvalue weighted by Crippen LogP contribution is 2.40. The smallest absolute Gasteiger partial charge is 0.135 e. The first kappa shape index (κ1) is 35.8. The molecular weight excluding hydrogens is 753 g/mol. The van der Waals surface area contributed by atoms with Crippen molar-refractivity contribution in [3.63, 3.8) is 0 Å². The monoisotopic (exact) mass is 792 g/mol. The molecule has 0 saturated heterocycles. The van der Waals surface area contributed by atoms with Crippen molar-refractivity contribution in [2.24, 2.45) is 0 Å². The number of allylic oxidation sites excluding steroid dienone is 2. The Kier molecular flexibility index (Phi) is 8.57. The normalized spacial score (nSPS) is 12.3. The van der Waals surface area contributed by atoms with E-state index in [0.29, 0.717) is 0 Å². The van der Waals surface area contributed by atoms with Crippen LogP contribution in [0, 0.1) is 0 Å². The van der Waals surface area contributed by atoms with Gasteiger partial charge in [-0.25, -0.2) is 0 Å². The molecule has 0 atom stereocenters. The van der Waals surface area contributed by atoms with Crippen LogP contribution in [0.15, 0.2) is 223 Å². The molecule has 0 aliphatic heterocycles. The number of hydrogen-bond donors (Lipinski definition) is 0. The van der Waals surface area contributed by atoms with E-state index in [-0.39, 0.29) is 0 Å². The standard InChI is InChI=1S/C59H40N2O/c1-3-11-40(12-4-1)42-19-28-48(29-20-42)60(50-32-23-44(24-33-50)47-27-36-59-55(39-47)53-16-8-10-18-58(53)62-59)49-30-21-43(22-31-49)46-26-35-57-54(38-46)52-15-7-9-17-56(52)61(57)51-34-25-41-13-5-2-6-14-45(41)37-51/h1,3-39H,2H2. The van der Waals surface area contributed by atoms with Gasteiger partial charge in [0, 0.05) is 44.3 Å². The van der Waals surface area contributed by atoms with Gasteiger partial charge < -0.3 is 13.9 Å². The van der Waals surface area contributed by atoms with Crippen LogP contribution in [0.4, 0.5) is 17.1 Å². The van der Waals surface area contributed by atoms with E-state index in [4.69, 9.17) is 4.42 Å². The van der Waals surface area contributed by atoms with Crippen molar-refractivity contribution in [1.29, 1.82) is 0 Å². The quantitative estimate of drug-likeness (QED) is 0.160. The lowest BCUT2D eigenvalue weighted by molar-refractivity contribution is 0.669. The molecule has 0 radical (unpaired) electrons. The largest absolute Gasteiger partial charge is 0.456 e. The fraction of sp³-hybridized carbons (Fsp3) is 0.0169. The molecule has 3 nitrogen and oxygen atoms in total. The molecule has 11 aromatic rings. The molecule has 1 aliphatic rings. The van der Waals surface area contributed by atoms with E-state index >= 15 is 0 Å². The Morgan fingerprint density at radius 1 is 0.355 bits per heavy atom. The Hall–Kier alpha value is -8.14. The maximum atomic E-state index is 6.13. The van der Waals surface area contributed by atoms with Crippen molar-refractivity contribution in [1.82, 2.24) is 4.57 Å². The lowest BCUT2D eigenvalue weighted by atomic mass is 10.0. The topological polar surface area (TPSA) is 21.3 Å². The molecule has 3 heteroatoms. The Bertz CT molecular complexity index is 3510. The summed E-state index contributed by atoms with van der Waals surface area (Å²) in [6.45, 7) is 0. The van der Waals surface area contributed by atoms with E-state index in [2.05, 4.69) is 228 Å². The zero-order valence-electron chi connectivity index (χ0n) is 33.9. The number of anilines is 3. The number of para-hydroxylation sites is 2. The molecule has 0 amide bonds. The molecule has 9 aromatic carbocycles. The van der Waals surface area contributed by atoms with E-state index in [1.807, 2.05) is 12.1 Å². The van der Waals surface area contributed by atoms with E-state index in [9.17, 15) is 0 Å². The summed E-state index contributed by atoms with van der Waals surface area (Å²) < 4.78 is 8.53. The van der Waals surface area contributed by atoms with Crippen LogP contribution >= 0.6 is 0 Å². The molecular formula is C59H40N2O. The number of rotatable bonds is 7. The summed E-state index contributed by atoms with van der Waals surface area (Å²) in [5, 5.41) is 4.76. The summed E-state index contributed by atoms with van der Waals surface area (Å²) in [7, 11) is 0. The predicted molar refractivity (Wildman–Crippen MR) is 262 cm³/mol. The van der Waals surface area contributed by atoms with Crippen LogP contribution in [0.2, 0.25) is 0 Å². The minimum atomic E-state index is 0.906. The molecule has 2 aromatic heterocycles. The molecule has 62 heavy (non-hydrogen) atoms. The number of hydrogen-bond acceptors (Lipinski definition) is 2. The lowest BCUT2D eigenvalue weighted by Crippen LogP contribution is -2.09. The molecule has 0 fully saturated rings. The summed E-state index contributed by atoms with van der Waals surface area (Å²) in [5.74, 6) is 0. The van der Waals surface area contributed by atoms with Crippen LogP contribution in [0.25, 0.3) is 95.0 Å². The van der Waals surface area contributed by atoms with Crippen molar-refractivity contribution in [2.75, 3.05) is 4.90 Å². The van der Waals surface area contributed by atoms with Crippen LogP contribution in [0.1, 0.15) is 17.5 Å². The van der Waals surface area contributed by atoms with Gasteiger partial charge in [0.05, 0.1) is 11.0 Å².